The molecule has 3 nitrogen and oxygen atoms in total. The Bertz CT molecular complexity index is 97.0. The number of carboxylic acids is 1. The second-order valence-corrected chi connectivity index (χ2v) is 5.04. The Kier molecular flexibility index (Phi) is 5.07. The fourth-order valence-electron chi connectivity index (χ4n) is 0.293. The molecule has 0 aromatic heterocycles. The number of aliphatic carboxylic acids is 1. The van der Waals surface area contributed by atoms with Gasteiger partial charge in [0.05, 0.1) is 0 Å². The predicted molar refractivity (Wildman–Crippen MR) is 31.0 cm³/mol. The minimum absolute atomic E-state index is 0.0483. The van der Waals surface area contributed by atoms with Gasteiger partial charge in [0, 0.05) is 0 Å². The topological polar surface area (TPSA) is 63.3 Å². The van der Waals surface area contributed by atoms with Crippen molar-refractivity contribution in [3.05, 3.63) is 0 Å². The number of carboxylic acid groups (broad SMARTS) is 1. The van der Waals surface area contributed by atoms with Gasteiger partial charge in [0.25, 0.3) is 0 Å². The van der Waals surface area contributed by atoms with Crippen LogP contribution in [0.4, 0.5) is 0 Å². The number of carbonyl (C=O) groups is 1. The first kappa shape index (κ1) is 9.16. The summed E-state index contributed by atoms with van der Waals surface area (Å²) in [5, 5.41) is 8.30. The van der Waals surface area contributed by atoms with Crippen LogP contribution in [0.2, 0.25) is 0 Å². The Morgan fingerprint density at radius 1 is 1.89 bits per heavy atom. The van der Waals surface area contributed by atoms with Crippen molar-refractivity contribution in [2.75, 3.05) is 8.86 Å². The van der Waals surface area contributed by atoms with Crippen molar-refractivity contribution in [1.82, 2.24) is 0 Å². The van der Waals surface area contributed by atoms with Crippen molar-refractivity contribution in [3.8, 4) is 0 Å². The van der Waals surface area contributed by atoms with E-state index in [2.05, 4.69) is 6.92 Å². The monoisotopic (exact) mass is 244 g/mol. The van der Waals surface area contributed by atoms with Gasteiger partial charge < -0.3 is 0 Å². The van der Waals surface area contributed by atoms with E-state index in [-0.39, 0.29) is 21.2 Å². The third-order valence-corrected chi connectivity index (χ3v) is 3.43. The van der Waals surface area contributed by atoms with E-state index >= 15 is 0 Å². The van der Waals surface area contributed by atoms with E-state index in [1.165, 1.54) is 0 Å². The van der Waals surface area contributed by atoms with Crippen LogP contribution < -0.4 is 26.9 Å². The van der Waals surface area contributed by atoms with E-state index in [1.54, 1.807) is 0 Å². The molecule has 0 saturated heterocycles. The first-order valence-electron chi connectivity index (χ1n) is 2.70. The summed E-state index contributed by atoms with van der Waals surface area (Å²) in [7, 11) is 0. The van der Waals surface area contributed by atoms with Crippen molar-refractivity contribution < 1.29 is 31.1 Å². The summed E-state index contributed by atoms with van der Waals surface area (Å²) in [4.78, 5) is 10.1. The number of hydrogen-bond acceptors (Lipinski definition) is 2. The van der Waals surface area contributed by atoms with E-state index in [9.17, 15) is 4.79 Å². The van der Waals surface area contributed by atoms with E-state index < -0.39 is 12.0 Å². The Labute approximate surface area is 64.9 Å². The maximum absolute atomic E-state index is 10.1. The number of alkyl halides is 2. The molecule has 0 heterocycles. The first-order chi connectivity index (χ1) is 4.18. The predicted octanol–water partition coefficient (Wildman–Crippen LogP) is -3.49. The van der Waals surface area contributed by atoms with Crippen molar-refractivity contribution in [1.29, 1.82) is 0 Å². The summed E-state index contributed by atoms with van der Waals surface area (Å²) < 4.78 is 1.81. The standard InChI is InChI=1S/C5H11INO2/c1-2-6-3-4(7)5(8)9/h4H,2-3,7H2,1H3,(H,8,9)/q-1. The van der Waals surface area contributed by atoms with Crippen LogP contribution in [-0.4, -0.2) is 26.0 Å². The molecule has 9 heavy (non-hydrogen) atoms. The third-order valence-electron chi connectivity index (χ3n) is 0.782. The average molecular weight is 244 g/mol. The van der Waals surface area contributed by atoms with Crippen molar-refractivity contribution >= 4 is 5.97 Å². The minimum atomic E-state index is -0.872. The summed E-state index contributed by atoms with van der Waals surface area (Å²) in [5.74, 6) is -0.872. The van der Waals surface area contributed by atoms with Crippen LogP contribution in [0.1, 0.15) is 6.92 Å². The molecular formula is C5H11INO2-. The molecule has 0 radical (unpaired) electrons. The van der Waals surface area contributed by atoms with E-state index in [0.717, 1.165) is 4.43 Å². The fraction of sp³-hybridized carbons (Fsp3) is 0.800. The van der Waals surface area contributed by atoms with Gasteiger partial charge in [-0.3, -0.25) is 0 Å². The van der Waals surface area contributed by atoms with Gasteiger partial charge in [-0.05, 0) is 0 Å². The molecule has 0 aliphatic heterocycles. The van der Waals surface area contributed by atoms with Gasteiger partial charge in [-0.25, -0.2) is 0 Å². The Morgan fingerprint density at radius 3 is 2.78 bits per heavy atom. The molecule has 0 aliphatic carbocycles. The van der Waals surface area contributed by atoms with Crippen molar-refractivity contribution in [2.24, 2.45) is 5.73 Å². The molecule has 0 spiro atoms. The van der Waals surface area contributed by atoms with Gasteiger partial charge in [-0.2, -0.15) is 0 Å². The average Bonchev–Trinajstić information content (AvgIpc) is 1.82. The van der Waals surface area contributed by atoms with Crippen LogP contribution in [-0.2, 0) is 4.79 Å². The molecule has 0 bridgehead atoms. The van der Waals surface area contributed by atoms with Crippen LogP contribution in [0.3, 0.4) is 0 Å². The Balaban J connectivity index is 3.27. The van der Waals surface area contributed by atoms with Gasteiger partial charge >= 0.3 is 64.6 Å². The SMILES string of the molecule is CC[I-]CC(N)C(=O)O. The van der Waals surface area contributed by atoms with E-state index in [1.807, 2.05) is 0 Å². The molecule has 0 aliphatic rings. The number of halogens is 1. The first-order valence-corrected chi connectivity index (χ1v) is 5.75. The molecule has 0 aromatic rings. The van der Waals surface area contributed by atoms with E-state index in [0.29, 0.717) is 4.43 Å². The van der Waals surface area contributed by atoms with Gasteiger partial charge in [-0.1, -0.05) is 0 Å². The zero-order valence-corrected chi connectivity index (χ0v) is 7.46. The summed E-state index contributed by atoms with van der Waals surface area (Å²) in [6.45, 7) is 2.06. The molecule has 0 rings (SSSR count). The normalized spacial score (nSPS) is 13.6. The fourth-order valence-corrected chi connectivity index (χ4v) is 1.96. The van der Waals surface area contributed by atoms with Crippen molar-refractivity contribution in [3.63, 3.8) is 0 Å². The van der Waals surface area contributed by atoms with Gasteiger partial charge in [0.1, 0.15) is 0 Å². The van der Waals surface area contributed by atoms with Crippen LogP contribution >= 0.6 is 0 Å². The molecule has 1 unspecified atom stereocenters. The molecule has 0 saturated carbocycles. The molecule has 0 amide bonds. The molecule has 1 atom stereocenters. The van der Waals surface area contributed by atoms with Crippen LogP contribution in [0, 0.1) is 0 Å². The zero-order chi connectivity index (χ0) is 7.28. The van der Waals surface area contributed by atoms with E-state index in [4.69, 9.17) is 10.8 Å². The summed E-state index contributed by atoms with van der Waals surface area (Å²) in [6, 6.07) is -0.613. The molecule has 3 N–H and O–H groups in total. The maximum atomic E-state index is 10.1. The van der Waals surface area contributed by atoms with Crippen molar-refractivity contribution in [2.45, 2.75) is 13.0 Å². The second kappa shape index (κ2) is 4.99. The van der Waals surface area contributed by atoms with Gasteiger partial charge in [-0.15, -0.1) is 0 Å². The van der Waals surface area contributed by atoms with Crippen LogP contribution in [0.15, 0.2) is 0 Å². The molecular weight excluding hydrogens is 233 g/mol. The number of nitrogens with two attached hydrogens (primary N) is 1. The van der Waals surface area contributed by atoms with Crippen LogP contribution in [0.25, 0.3) is 0 Å². The van der Waals surface area contributed by atoms with Crippen LogP contribution in [0.5, 0.6) is 0 Å². The second-order valence-electron chi connectivity index (χ2n) is 1.56. The summed E-state index contributed by atoms with van der Waals surface area (Å²) >= 11 is 0.0483. The summed E-state index contributed by atoms with van der Waals surface area (Å²) in [5.41, 5.74) is 5.23. The molecule has 0 fully saturated rings. The van der Waals surface area contributed by atoms with Gasteiger partial charge in [0.2, 0.25) is 0 Å². The Hall–Kier alpha value is 0.160. The molecule has 0 aromatic carbocycles. The number of rotatable bonds is 4. The van der Waals surface area contributed by atoms with Gasteiger partial charge in [0.15, 0.2) is 0 Å². The third kappa shape index (κ3) is 4.65. The Morgan fingerprint density at radius 2 is 2.44 bits per heavy atom. The molecule has 56 valence electrons. The quantitative estimate of drug-likeness (QED) is 0.398. The summed E-state index contributed by atoms with van der Waals surface area (Å²) in [6.07, 6.45) is 0. The number of hydrogen-bond donors (Lipinski definition) is 2. The molecule has 4 heteroatoms. The zero-order valence-electron chi connectivity index (χ0n) is 5.30.